The lowest BCUT2D eigenvalue weighted by Crippen LogP contribution is -2.06. The predicted molar refractivity (Wildman–Crippen MR) is 67.4 cm³/mol. The summed E-state index contributed by atoms with van der Waals surface area (Å²) in [7, 11) is 0. The molecule has 0 aromatic carbocycles. The van der Waals surface area contributed by atoms with E-state index in [9.17, 15) is 4.79 Å². The number of hydrogen-bond donors (Lipinski definition) is 0. The third-order valence-corrected chi connectivity index (χ3v) is 4.40. The van der Waals surface area contributed by atoms with Gasteiger partial charge in [-0.25, -0.2) is 4.45 Å². The van der Waals surface area contributed by atoms with Crippen molar-refractivity contribution in [1.29, 1.82) is 0 Å². The van der Waals surface area contributed by atoms with Gasteiger partial charge in [0.2, 0.25) is 0 Å². The van der Waals surface area contributed by atoms with Gasteiger partial charge in [0.25, 0.3) is 0 Å². The second kappa shape index (κ2) is 4.78. The molecule has 1 fully saturated rings. The van der Waals surface area contributed by atoms with Gasteiger partial charge in [0, 0.05) is 12.1 Å². The third-order valence-electron chi connectivity index (χ3n) is 2.50. The molecule has 82 valence electrons. The van der Waals surface area contributed by atoms with Crippen LogP contribution in [-0.4, -0.2) is 22.1 Å². The molecule has 0 spiro atoms. The molecule has 0 N–H and O–H groups in total. The molecule has 1 saturated carbocycles. The second-order valence-corrected chi connectivity index (χ2v) is 5.58. The number of esters is 1. The second-order valence-electron chi connectivity index (χ2n) is 3.50. The SMILES string of the molecule is CCOC(=O)[C@H]1C[C@@H]1c1cnn(PI)c1. The molecule has 0 amide bonds. The molecular formula is C9H12IN2O2P. The smallest absolute Gasteiger partial charge is 0.309 e. The topological polar surface area (TPSA) is 44.1 Å². The van der Waals surface area contributed by atoms with E-state index in [1.807, 2.05) is 23.8 Å². The minimum atomic E-state index is -0.0628. The van der Waals surface area contributed by atoms with Crippen molar-refractivity contribution in [2.24, 2.45) is 5.92 Å². The molecule has 0 radical (unpaired) electrons. The molecule has 0 aliphatic heterocycles. The maximum atomic E-state index is 11.4. The molecule has 0 bridgehead atoms. The molecule has 3 atom stereocenters. The number of nitrogens with zero attached hydrogens (tertiary/aromatic N) is 2. The zero-order valence-corrected chi connectivity index (χ0v) is 11.5. The Balaban J connectivity index is 1.95. The standard InChI is InChI=1S/C9H12IN2O2P/c1-2-14-9(13)8-3-7(8)6-4-11-12(5-6)15-10/h4-5,7-8,15H,2-3H2,1H3/t7-,8+/m1/s1. The van der Waals surface area contributed by atoms with Gasteiger partial charge >= 0.3 is 5.97 Å². The van der Waals surface area contributed by atoms with Crippen LogP contribution in [0.5, 0.6) is 0 Å². The number of aromatic nitrogens is 2. The monoisotopic (exact) mass is 338 g/mol. The summed E-state index contributed by atoms with van der Waals surface area (Å²) in [6.07, 6.45) is 5.41. The van der Waals surface area contributed by atoms with Crippen molar-refractivity contribution in [3.63, 3.8) is 0 Å². The highest BCUT2D eigenvalue weighted by Gasteiger charge is 2.45. The van der Waals surface area contributed by atoms with E-state index in [2.05, 4.69) is 27.1 Å². The molecular weight excluding hydrogens is 326 g/mol. The highest BCUT2D eigenvalue weighted by Crippen LogP contribution is 2.48. The van der Waals surface area contributed by atoms with Crippen molar-refractivity contribution in [2.45, 2.75) is 19.3 Å². The van der Waals surface area contributed by atoms with Crippen LogP contribution in [0.15, 0.2) is 12.4 Å². The maximum Gasteiger partial charge on any atom is 0.309 e. The predicted octanol–water partition coefficient (Wildman–Crippen LogP) is 2.34. The van der Waals surface area contributed by atoms with Gasteiger partial charge < -0.3 is 4.74 Å². The van der Waals surface area contributed by atoms with Crippen LogP contribution < -0.4 is 0 Å². The minimum absolute atomic E-state index is 0.0628. The summed E-state index contributed by atoms with van der Waals surface area (Å²) in [6.45, 7) is 2.31. The summed E-state index contributed by atoms with van der Waals surface area (Å²) in [5.41, 5.74) is 1.16. The Hall–Kier alpha value is -0.160. The van der Waals surface area contributed by atoms with Crippen molar-refractivity contribution in [3.8, 4) is 0 Å². The zero-order chi connectivity index (χ0) is 10.8. The fraction of sp³-hybridized carbons (Fsp3) is 0.556. The molecule has 1 unspecified atom stereocenters. The lowest BCUT2D eigenvalue weighted by atomic mass is 10.2. The van der Waals surface area contributed by atoms with Crippen LogP contribution in [-0.2, 0) is 9.53 Å². The third kappa shape index (κ3) is 2.50. The Labute approximate surface area is 103 Å². The zero-order valence-electron chi connectivity index (χ0n) is 8.31. The van der Waals surface area contributed by atoms with Crippen molar-refractivity contribution >= 4 is 34.4 Å². The first-order valence-electron chi connectivity index (χ1n) is 4.84. The van der Waals surface area contributed by atoms with E-state index in [0.717, 1.165) is 12.0 Å². The number of carbonyl (C=O) groups is 1. The Morgan fingerprint density at radius 2 is 2.67 bits per heavy atom. The molecule has 4 nitrogen and oxygen atoms in total. The van der Waals surface area contributed by atoms with Crippen molar-refractivity contribution in [2.75, 3.05) is 6.61 Å². The molecule has 1 aromatic heterocycles. The van der Waals surface area contributed by atoms with Gasteiger partial charge in [-0.05, 0) is 40.9 Å². The number of rotatable bonds is 4. The molecule has 2 rings (SSSR count). The summed E-state index contributed by atoms with van der Waals surface area (Å²) in [6, 6.07) is 0. The van der Waals surface area contributed by atoms with Gasteiger partial charge in [-0.1, -0.05) is 0 Å². The fourth-order valence-corrected chi connectivity index (χ4v) is 2.74. The van der Waals surface area contributed by atoms with Crippen LogP contribution >= 0.6 is 28.4 Å². The summed E-state index contributed by atoms with van der Waals surface area (Å²) < 4.78 is 6.88. The Kier molecular flexibility index (Phi) is 3.61. The fourth-order valence-electron chi connectivity index (χ4n) is 1.65. The average Bonchev–Trinajstić information content (AvgIpc) is 2.90. The lowest BCUT2D eigenvalue weighted by molar-refractivity contribution is -0.144. The highest BCUT2D eigenvalue weighted by molar-refractivity contribution is 14.2. The molecule has 0 saturated heterocycles. The van der Waals surface area contributed by atoms with Crippen LogP contribution in [0.3, 0.4) is 0 Å². The Morgan fingerprint density at radius 1 is 1.87 bits per heavy atom. The largest absolute Gasteiger partial charge is 0.466 e. The van der Waals surface area contributed by atoms with E-state index in [4.69, 9.17) is 4.74 Å². The first-order chi connectivity index (χ1) is 7.26. The highest BCUT2D eigenvalue weighted by atomic mass is 127. The van der Waals surface area contributed by atoms with E-state index >= 15 is 0 Å². The van der Waals surface area contributed by atoms with Crippen molar-refractivity contribution < 1.29 is 9.53 Å². The number of halogens is 1. The van der Waals surface area contributed by atoms with Gasteiger partial charge in [-0.2, -0.15) is 5.10 Å². The quantitative estimate of drug-likeness (QED) is 0.481. The van der Waals surface area contributed by atoms with Crippen LogP contribution in [0.1, 0.15) is 24.8 Å². The number of carbonyl (C=O) groups excluding carboxylic acids is 1. The number of ether oxygens (including phenoxy) is 1. The van der Waals surface area contributed by atoms with E-state index < -0.39 is 0 Å². The summed E-state index contributed by atoms with van der Waals surface area (Å²) >= 11 is 2.28. The number of hydrogen-bond acceptors (Lipinski definition) is 3. The molecule has 1 aliphatic rings. The van der Waals surface area contributed by atoms with Gasteiger partial charge in [0.05, 0.1) is 25.1 Å². The molecule has 6 heteroatoms. The molecule has 1 aliphatic carbocycles. The average molecular weight is 338 g/mol. The summed E-state index contributed by atoms with van der Waals surface area (Å²) in [5, 5.41) is 4.21. The first kappa shape index (κ1) is 11.3. The van der Waals surface area contributed by atoms with Crippen LogP contribution in [0.4, 0.5) is 0 Å². The summed E-state index contributed by atoms with van der Waals surface area (Å²) in [5.74, 6) is 0.345. The maximum absolute atomic E-state index is 11.4. The Bertz CT molecular complexity index is 369. The van der Waals surface area contributed by atoms with E-state index in [1.165, 1.54) is 0 Å². The van der Waals surface area contributed by atoms with Crippen LogP contribution in [0.25, 0.3) is 0 Å². The van der Waals surface area contributed by atoms with E-state index in [1.54, 1.807) is 0 Å². The van der Waals surface area contributed by atoms with Gasteiger partial charge in [-0.15, -0.1) is 0 Å². The van der Waals surface area contributed by atoms with Gasteiger partial charge in [0.15, 0.2) is 0 Å². The molecule has 1 heterocycles. The van der Waals surface area contributed by atoms with E-state index in [-0.39, 0.29) is 11.9 Å². The Morgan fingerprint density at radius 3 is 3.27 bits per heavy atom. The van der Waals surface area contributed by atoms with E-state index in [0.29, 0.717) is 18.9 Å². The normalized spacial score (nSPS) is 24.7. The van der Waals surface area contributed by atoms with Gasteiger partial charge in [0.1, 0.15) is 0 Å². The minimum Gasteiger partial charge on any atom is -0.466 e. The first-order valence-corrected chi connectivity index (χ1v) is 8.90. The van der Waals surface area contributed by atoms with Crippen LogP contribution in [0.2, 0.25) is 0 Å². The van der Waals surface area contributed by atoms with Crippen molar-refractivity contribution in [3.05, 3.63) is 18.0 Å². The summed E-state index contributed by atoms with van der Waals surface area (Å²) in [4.78, 5) is 11.4. The van der Waals surface area contributed by atoms with Crippen LogP contribution in [0, 0.1) is 5.92 Å². The van der Waals surface area contributed by atoms with Crippen molar-refractivity contribution in [1.82, 2.24) is 9.55 Å². The molecule has 1 aromatic rings. The molecule has 15 heavy (non-hydrogen) atoms. The lowest BCUT2D eigenvalue weighted by Gasteiger charge is -1.98. The van der Waals surface area contributed by atoms with Gasteiger partial charge in [-0.3, -0.25) is 4.79 Å².